The minimum atomic E-state index is -4.46. The Kier molecular flexibility index (Phi) is 5.34. The molecule has 1 aromatic heterocycles. The molecule has 1 aliphatic heterocycles. The third-order valence-corrected chi connectivity index (χ3v) is 5.66. The maximum Gasteiger partial charge on any atom is 0.416 e. The number of alkyl halides is 3. The average Bonchev–Trinajstić information content (AvgIpc) is 2.98. The van der Waals surface area contributed by atoms with Crippen molar-refractivity contribution in [2.24, 2.45) is 0 Å². The van der Waals surface area contributed by atoms with E-state index in [1.54, 1.807) is 13.8 Å². The number of amides is 1. The summed E-state index contributed by atoms with van der Waals surface area (Å²) in [6.07, 6.45) is -2.54. The van der Waals surface area contributed by atoms with Gasteiger partial charge in [-0.2, -0.15) is 13.2 Å². The standard InChI is InChI=1S/C18H19F3N2O2S/c1-10-5-6-13(18(19,20)21)8-14(10)23-16(24)15-11(2)22-17(26-15)12-4-3-7-25-9-12/h5-6,8,12H,3-4,7,9H2,1-2H3,(H,23,24). The molecule has 8 heteroatoms. The highest BCUT2D eigenvalue weighted by Crippen LogP contribution is 2.33. The van der Waals surface area contributed by atoms with E-state index in [9.17, 15) is 18.0 Å². The van der Waals surface area contributed by atoms with Crippen LogP contribution in [0.1, 0.15) is 50.3 Å². The van der Waals surface area contributed by atoms with E-state index in [2.05, 4.69) is 10.3 Å². The number of hydrogen-bond donors (Lipinski definition) is 1. The summed E-state index contributed by atoms with van der Waals surface area (Å²) in [7, 11) is 0. The predicted octanol–water partition coefficient (Wildman–Crippen LogP) is 4.93. The van der Waals surface area contributed by atoms with Crippen molar-refractivity contribution in [1.82, 2.24) is 4.98 Å². The van der Waals surface area contributed by atoms with Crippen LogP contribution in [-0.4, -0.2) is 24.1 Å². The number of nitrogens with one attached hydrogen (secondary N) is 1. The van der Waals surface area contributed by atoms with Crippen molar-refractivity contribution in [2.75, 3.05) is 18.5 Å². The number of nitrogens with zero attached hydrogens (tertiary/aromatic N) is 1. The maximum absolute atomic E-state index is 12.9. The highest BCUT2D eigenvalue weighted by atomic mass is 32.1. The van der Waals surface area contributed by atoms with E-state index in [0.717, 1.165) is 36.6 Å². The van der Waals surface area contributed by atoms with Gasteiger partial charge in [-0.15, -0.1) is 11.3 Å². The molecule has 2 heterocycles. The molecule has 1 amide bonds. The molecule has 140 valence electrons. The molecule has 4 nitrogen and oxygen atoms in total. The van der Waals surface area contributed by atoms with Gasteiger partial charge in [0, 0.05) is 18.2 Å². The van der Waals surface area contributed by atoms with Gasteiger partial charge in [-0.25, -0.2) is 4.98 Å². The van der Waals surface area contributed by atoms with Crippen molar-refractivity contribution in [2.45, 2.75) is 38.8 Å². The fraction of sp³-hybridized carbons (Fsp3) is 0.444. The Hall–Kier alpha value is -1.93. The van der Waals surface area contributed by atoms with Crippen molar-refractivity contribution in [3.05, 3.63) is 44.9 Å². The van der Waals surface area contributed by atoms with Gasteiger partial charge in [0.25, 0.3) is 5.91 Å². The number of rotatable bonds is 3. The SMILES string of the molecule is Cc1ccc(C(F)(F)F)cc1NC(=O)c1sc(C2CCCOC2)nc1C. The lowest BCUT2D eigenvalue weighted by Gasteiger charge is -2.19. The summed E-state index contributed by atoms with van der Waals surface area (Å²) in [5.74, 6) is -0.269. The molecule has 1 N–H and O–H groups in total. The summed E-state index contributed by atoms with van der Waals surface area (Å²) in [5.41, 5.74) is 0.506. The quantitative estimate of drug-likeness (QED) is 0.817. The van der Waals surface area contributed by atoms with Gasteiger partial charge >= 0.3 is 6.18 Å². The molecule has 1 fully saturated rings. The number of benzene rings is 1. The second-order valence-electron chi connectivity index (χ2n) is 6.36. The summed E-state index contributed by atoms with van der Waals surface area (Å²) >= 11 is 1.28. The Morgan fingerprint density at radius 1 is 1.35 bits per heavy atom. The van der Waals surface area contributed by atoms with Gasteiger partial charge in [0.15, 0.2) is 0 Å². The van der Waals surface area contributed by atoms with E-state index in [1.165, 1.54) is 17.4 Å². The van der Waals surface area contributed by atoms with Crippen molar-refractivity contribution < 1.29 is 22.7 Å². The lowest BCUT2D eigenvalue weighted by atomic mass is 10.0. The summed E-state index contributed by atoms with van der Waals surface area (Å²) in [6, 6.07) is 3.31. The van der Waals surface area contributed by atoms with E-state index in [0.29, 0.717) is 22.7 Å². The summed E-state index contributed by atoms with van der Waals surface area (Å²) < 4.78 is 44.2. The first-order valence-electron chi connectivity index (χ1n) is 8.30. The van der Waals surface area contributed by atoms with E-state index in [-0.39, 0.29) is 11.6 Å². The Morgan fingerprint density at radius 3 is 2.77 bits per heavy atom. The monoisotopic (exact) mass is 384 g/mol. The van der Waals surface area contributed by atoms with Gasteiger partial charge in [-0.1, -0.05) is 6.07 Å². The summed E-state index contributed by atoms with van der Waals surface area (Å²) in [5, 5.41) is 3.44. The zero-order valence-electron chi connectivity index (χ0n) is 14.4. The van der Waals surface area contributed by atoms with Crippen molar-refractivity contribution in [1.29, 1.82) is 0 Å². The van der Waals surface area contributed by atoms with Crippen LogP contribution in [0.4, 0.5) is 18.9 Å². The number of anilines is 1. The summed E-state index contributed by atoms with van der Waals surface area (Å²) in [4.78, 5) is 17.5. The van der Waals surface area contributed by atoms with E-state index < -0.39 is 17.6 Å². The molecule has 0 saturated carbocycles. The Labute approximate surface area is 153 Å². The lowest BCUT2D eigenvalue weighted by molar-refractivity contribution is -0.137. The third-order valence-electron chi connectivity index (χ3n) is 4.34. The fourth-order valence-corrected chi connectivity index (χ4v) is 3.93. The molecular weight excluding hydrogens is 365 g/mol. The Bertz CT molecular complexity index is 811. The van der Waals surface area contributed by atoms with Crippen molar-refractivity contribution >= 4 is 22.9 Å². The molecular formula is C18H19F3N2O2S. The fourth-order valence-electron chi connectivity index (χ4n) is 2.85. The zero-order valence-corrected chi connectivity index (χ0v) is 15.3. The molecule has 3 rings (SSSR count). The van der Waals surface area contributed by atoms with Crippen LogP contribution in [0.25, 0.3) is 0 Å². The number of hydrogen-bond acceptors (Lipinski definition) is 4. The molecule has 1 aromatic carbocycles. The second-order valence-corrected chi connectivity index (χ2v) is 7.39. The largest absolute Gasteiger partial charge is 0.416 e. The van der Waals surface area contributed by atoms with E-state index in [4.69, 9.17) is 4.74 Å². The number of carbonyl (C=O) groups excluding carboxylic acids is 1. The van der Waals surface area contributed by atoms with E-state index in [1.807, 2.05) is 0 Å². The summed E-state index contributed by atoms with van der Waals surface area (Å²) in [6.45, 7) is 4.71. The minimum Gasteiger partial charge on any atom is -0.381 e. The Balaban J connectivity index is 1.81. The molecule has 26 heavy (non-hydrogen) atoms. The lowest BCUT2D eigenvalue weighted by Crippen LogP contribution is -2.15. The molecule has 0 aliphatic carbocycles. The van der Waals surface area contributed by atoms with Gasteiger partial charge in [0.1, 0.15) is 4.88 Å². The van der Waals surface area contributed by atoms with Gasteiger partial charge in [-0.3, -0.25) is 4.79 Å². The molecule has 1 atom stereocenters. The van der Waals surface area contributed by atoms with Crippen LogP contribution in [0.5, 0.6) is 0 Å². The molecule has 2 aromatic rings. The smallest absolute Gasteiger partial charge is 0.381 e. The highest BCUT2D eigenvalue weighted by molar-refractivity contribution is 7.14. The van der Waals surface area contributed by atoms with Gasteiger partial charge < -0.3 is 10.1 Å². The first-order valence-corrected chi connectivity index (χ1v) is 9.11. The van der Waals surface area contributed by atoms with Crippen LogP contribution >= 0.6 is 11.3 Å². The van der Waals surface area contributed by atoms with Crippen molar-refractivity contribution in [3.63, 3.8) is 0 Å². The van der Waals surface area contributed by atoms with Crippen LogP contribution in [0.3, 0.4) is 0 Å². The predicted molar refractivity (Wildman–Crippen MR) is 93.8 cm³/mol. The van der Waals surface area contributed by atoms with E-state index >= 15 is 0 Å². The number of aromatic nitrogens is 1. The second kappa shape index (κ2) is 7.36. The van der Waals surface area contributed by atoms with Crippen LogP contribution < -0.4 is 5.32 Å². The molecule has 1 unspecified atom stereocenters. The first-order chi connectivity index (χ1) is 12.3. The third kappa shape index (κ3) is 4.07. The molecule has 0 spiro atoms. The number of ether oxygens (including phenoxy) is 1. The normalized spacial score (nSPS) is 18.0. The molecule has 0 bridgehead atoms. The molecule has 1 aliphatic rings. The van der Waals surface area contributed by atoms with Crippen molar-refractivity contribution in [3.8, 4) is 0 Å². The number of carbonyl (C=O) groups is 1. The average molecular weight is 384 g/mol. The van der Waals surface area contributed by atoms with Crippen LogP contribution in [0.15, 0.2) is 18.2 Å². The number of halogens is 3. The zero-order chi connectivity index (χ0) is 18.9. The maximum atomic E-state index is 12.9. The van der Waals surface area contributed by atoms with Crippen LogP contribution in [0, 0.1) is 13.8 Å². The number of aryl methyl sites for hydroxylation is 2. The van der Waals surface area contributed by atoms with Gasteiger partial charge in [-0.05, 0) is 44.4 Å². The Morgan fingerprint density at radius 2 is 2.12 bits per heavy atom. The molecule has 0 radical (unpaired) electrons. The van der Waals surface area contributed by atoms with Crippen LogP contribution in [0.2, 0.25) is 0 Å². The van der Waals surface area contributed by atoms with Gasteiger partial charge in [0.05, 0.1) is 22.9 Å². The first kappa shape index (κ1) is 18.8. The highest BCUT2D eigenvalue weighted by Gasteiger charge is 2.31. The topological polar surface area (TPSA) is 51.2 Å². The van der Waals surface area contributed by atoms with Gasteiger partial charge in [0.2, 0.25) is 0 Å². The molecule has 1 saturated heterocycles. The van der Waals surface area contributed by atoms with Crippen LogP contribution in [-0.2, 0) is 10.9 Å². The number of thiazole rings is 1. The minimum absolute atomic E-state index is 0.153.